The molecule has 0 spiro atoms. The largest absolute Gasteiger partial charge is 0.332 e. The van der Waals surface area contributed by atoms with Gasteiger partial charge < -0.3 is 10.2 Å². The van der Waals surface area contributed by atoms with Crippen LogP contribution in [0.1, 0.15) is 0 Å². The minimum atomic E-state index is 0.600. The molecule has 0 radical (unpaired) electrons. The molecule has 0 atom stereocenters. The van der Waals surface area contributed by atoms with Crippen molar-refractivity contribution in [3.8, 4) is 0 Å². The average Bonchev–Trinajstić information content (AvgIpc) is 2.46. The molecule has 3 nitrogen and oxygen atoms in total. The lowest BCUT2D eigenvalue weighted by molar-refractivity contribution is 1.23. The van der Waals surface area contributed by atoms with Crippen molar-refractivity contribution in [2.75, 3.05) is 16.1 Å². The van der Waals surface area contributed by atoms with Crippen LogP contribution in [0.25, 0.3) is 0 Å². The molecule has 3 N–H and O–H groups in total. The Morgan fingerprint density at radius 3 is 2.21 bits per heavy atom. The molecule has 0 amide bonds. The molecule has 0 aliphatic heterocycles. The van der Waals surface area contributed by atoms with Crippen LogP contribution < -0.4 is 15.4 Å². The van der Waals surface area contributed by atoms with Crippen LogP contribution in [0.15, 0.2) is 60.7 Å². The smallest absolute Gasteiger partial charge is 0.178 e. The molecule has 2 aromatic carbocycles. The first-order valence-corrected chi connectivity index (χ1v) is 7.27. The SMILES string of the molecule is NSCN(C(=S)Nc1ccccc1)c1ccccc1. The summed E-state index contributed by atoms with van der Waals surface area (Å²) in [6, 6.07) is 19.8. The summed E-state index contributed by atoms with van der Waals surface area (Å²) in [6.45, 7) is 0. The van der Waals surface area contributed by atoms with Crippen LogP contribution >= 0.6 is 24.2 Å². The molecule has 0 bridgehead atoms. The van der Waals surface area contributed by atoms with Gasteiger partial charge in [-0.1, -0.05) is 48.3 Å². The van der Waals surface area contributed by atoms with Gasteiger partial charge >= 0.3 is 0 Å². The lowest BCUT2D eigenvalue weighted by Gasteiger charge is -2.24. The van der Waals surface area contributed by atoms with Crippen LogP contribution in [0.3, 0.4) is 0 Å². The molecule has 0 saturated heterocycles. The van der Waals surface area contributed by atoms with Gasteiger partial charge in [0.1, 0.15) is 0 Å². The van der Waals surface area contributed by atoms with Crippen molar-refractivity contribution in [1.82, 2.24) is 0 Å². The summed E-state index contributed by atoms with van der Waals surface area (Å²) in [7, 11) is 0. The van der Waals surface area contributed by atoms with Crippen molar-refractivity contribution >= 4 is 40.7 Å². The van der Waals surface area contributed by atoms with Gasteiger partial charge in [-0.25, -0.2) is 0 Å². The summed E-state index contributed by atoms with van der Waals surface area (Å²) in [5.41, 5.74) is 1.99. The fraction of sp³-hybridized carbons (Fsp3) is 0.0714. The molecular formula is C14H15N3S2. The first kappa shape index (κ1) is 13.9. The first-order valence-electron chi connectivity index (χ1n) is 5.81. The van der Waals surface area contributed by atoms with Gasteiger partial charge in [0.2, 0.25) is 0 Å². The number of nitrogens with two attached hydrogens (primary N) is 1. The van der Waals surface area contributed by atoms with E-state index in [1.165, 1.54) is 11.9 Å². The van der Waals surface area contributed by atoms with Gasteiger partial charge in [-0.2, -0.15) is 0 Å². The Kier molecular flexibility index (Phi) is 5.20. The van der Waals surface area contributed by atoms with Gasteiger partial charge in [-0.3, -0.25) is 5.14 Å². The van der Waals surface area contributed by atoms with Crippen LogP contribution in [-0.4, -0.2) is 11.0 Å². The maximum atomic E-state index is 5.59. The van der Waals surface area contributed by atoms with Crippen molar-refractivity contribution in [3.63, 3.8) is 0 Å². The van der Waals surface area contributed by atoms with E-state index in [0.717, 1.165) is 11.4 Å². The number of anilines is 2. The zero-order chi connectivity index (χ0) is 13.5. The second-order valence-electron chi connectivity index (χ2n) is 3.86. The van der Waals surface area contributed by atoms with Crippen LogP contribution in [0, 0.1) is 0 Å². The van der Waals surface area contributed by atoms with Gasteiger partial charge in [0.15, 0.2) is 5.11 Å². The molecule has 0 heterocycles. The van der Waals surface area contributed by atoms with Crippen LogP contribution in [0.2, 0.25) is 0 Å². The monoisotopic (exact) mass is 289 g/mol. The number of nitrogens with one attached hydrogen (secondary N) is 1. The topological polar surface area (TPSA) is 41.3 Å². The molecular weight excluding hydrogens is 274 g/mol. The highest BCUT2D eigenvalue weighted by molar-refractivity contribution is 7.97. The number of benzene rings is 2. The van der Waals surface area contributed by atoms with Gasteiger partial charge in [-0.05, 0) is 36.5 Å². The van der Waals surface area contributed by atoms with Gasteiger partial charge in [0.05, 0.1) is 5.88 Å². The minimum absolute atomic E-state index is 0.600. The minimum Gasteiger partial charge on any atom is -0.332 e. The second kappa shape index (κ2) is 7.13. The van der Waals surface area contributed by atoms with E-state index in [4.69, 9.17) is 17.4 Å². The quantitative estimate of drug-likeness (QED) is 0.512. The summed E-state index contributed by atoms with van der Waals surface area (Å²) >= 11 is 6.69. The van der Waals surface area contributed by atoms with Crippen molar-refractivity contribution in [2.24, 2.45) is 5.14 Å². The summed E-state index contributed by atoms with van der Waals surface area (Å²) < 4.78 is 0. The lowest BCUT2D eigenvalue weighted by Crippen LogP contribution is -2.34. The third kappa shape index (κ3) is 3.96. The Hall–Kier alpha value is -1.56. The van der Waals surface area contributed by atoms with E-state index in [2.05, 4.69) is 5.32 Å². The molecule has 2 rings (SSSR count). The number of thiocarbonyl (C=S) groups is 1. The van der Waals surface area contributed by atoms with Gasteiger partial charge in [0.25, 0.3) is 0 Å². The summed E-state index contributed by atoms with van der Waals surface area (Å²) in [5, 5.41) is 9.43. The standard InChI is InChI=1S/C14H15N3S2/c15-19-11-17(13-9-5-2-6-10-13)14(18)16-12-7-3-1-4-8-12/h1-10H,11,15H2,(H,16,18). The number of hydrogen-bond acceptors (Lipinski definition) is 3. The van der Waals surface area contributed by atoms with Crippen LogP contribution in [-0.2, 0) is 0 Å². The molecule has 5 heteroatoms. The van der Waals surface area contributed by atoms with Crippen molar-refractivity contribution in [2.45, 2.75) is 0 Å². The maximum Gasteiger partial charge on any atom is 0.178 e. The number of rotatable bonds is 4. The van der Waals surface area contributed by atoms with E-state index >= 15 is 0 Å². The molecule has 0 saturated carbocycles. The molecule has 2 aromatic rings. The van der Waals surface area contributed by atoms with Crippen molar-refractivity contribution < 1.29 is 0 Å². The second-order valence-corrected chi connectivity index (χ2v) is 4.83. The van der Waals surface area contributed by atoms with Gasteiger partial charge in [0, 0.05) is 11.4 Å². The van der Waals surface area contributed by atoms with Crippen molar-refractivity contribution in [3.05, 3.63) is 60.7 Å². The molecule has 0 unspecified atom stereocenters. The first-order chi connectivity index (χ1) is 9.31. The third-order valence-electron chi connectivity index (χ3n) is 2.54. The van der Waals surface area contributed by atoms with E-state index in [-0.39, 0.29) is 0 Å². The Labute approximate surface area is 122 Å². The summed E-state index contributed by atoms with van der Waals surface area (Å²) in [5.74, 6) is 0.600. The molecule has 98 valence electrons. The molecule has 0 aliphatic rings. The van der Waals surface area contributed by atoms with E-state index in [9.17, 15) is 0 Å². The maximum absolute atomic E-state index is 5.59. The molecule has 0 aliphatic carbocycles. The van der Waals surface area contributed by atoms with Crippen molar-refractivity contribution in [1.29, 1.82) is 0 Å². The average molecular weight is 289 g/mol. The fourth-order valence-corrected chi connectivity index (χ4v) is 2.44. The fourth-order valence-electron chi connectivity index (χ4n) is 1.65. The van der Waals surface area contributed by atoms with Crippen LogP contribution in [0.4, 0.5) is 11.4 Å². The normalized spacial score (nSPS) is 9.95. The number of para-hydroxylation sites is 2. The van der Waals surface area contributed by atoms with E-state index in [0.29, 0.717) is 11.0 Å². The predicted octanol–water partition coefficient (Wildman–Crippen LogP) is 3.45. The Balaban J connectivity index is 2.13. The Bertz CT molecular complexity index is 517. The van der Waals surface area contributed by atoms with E-state index < -0.39 is 0 Å². The summed E-state index contributed by atoms with van der Waals surface area (Å²) in [4.78, 5) is 1.97. The van der Waals surface area contributed by atoms with Gasteiger partial charge in [-0.15, -0.1) is 0 Å². The number of nitrogens with zero attached hydrogens (tertiary/aromatic N) is 1. The predicted molar refractivity (Wildman–Crippen MR) is 88.2 cm³/mol. The molecule has 0 aromatic heterocycles. The van der Waals surface area contributed by atoms with E-state index in [1.54, 1.807) is 0 Å². The lowest BCUT2D eigenvalue weighted by atomic mass is 10.3. The molecule has 19 heavy (non-hydrogen) atoms. The highest BCUT2D eigenvalue weighted by Crippen LogP contribution is 2.17. The Morgan fingerprint density at radius 2 is 1.63 bits per heavy atom. The highest BCUT2D eigenvalue weighted by Gasteiger charge is 2.11. The summed E-state index contributed by atoms with van der Waals surface area (Å²) in [6.07, 6.45) is 0. The third-order valence-corrected chi connectivity index (χ3v) is 3.27. The molecule has 0 fully saturated rings. The zero-order valence-corrected chi connectivity index (χ0v) is 12.0. The highest BCUT2D eigenvalue weighted by atomic mass is 32.2. The number of hydrogen-bond donors (Lipinski definition) is 2. The zero-order valence-electron chi connectivity index (χ0n) is 10.3. The Morgan fingerprint density at radius 1 is 1.05 bits per heavy atom. The van der Waals surface area contributed by atoms with Crippen LogP contribution in [0.5, 0.6) is 0 Å². The van der Waals surface area contributed by atoms with E-state index in [1.807, 2.05) is 65.6 Å².